The third kappa shape index (κ3) is 3.02. The topological polar surface area (TPSA) is 57.4 Å². The third-order valence-electron chi connectivity index (χ3n) is 3.65. The van der Waals surface area contributed by atoms with E-state index in [-0.39, 0.29) is 17.3 Å². The van der Waals surface area contributed by atoms with Gasteiger partial charge in [-0.15, -0.1) is 10.2 Å². The zero-order valence-corrected chi connectivity index (χ0v) is 12.7. The van der Waals surface area contributed by atoms with E-state index < -0.39 is 11.7 Å². The van der Waals surface area contributed by atoms with Gasteiger partial charge in [-0.2, -0.15) is 13.2 Å². The van der Waals surface area contributed by atoms with Crippen LogP contribution in [0.15, 0.2) is 46.9 Å². The normalized spacial score (nSPS) is 13.7. The van der Waals surface area contributed by atoms with E-state index in [1.165, 1.54) is 12.1 Å². The van der Waals surface area contributed by atoms with Crippen LogP contribution < -0.4 is 9.47 Å². The van der Waals surface area contributed by atoms with Crippen LogP contribution in [-0.2, 0) is 6.18 Å². The molecule has 0 unspecified atom stereocenters. The quantitative estimate of drug-likeness (QED) is 0.695. The Kier molecular flexibility index (Phi) is 3.60. The number of benzene rings is 2. The molecule has 5 nitrogen and oxygen atoms in total. The average molecular weight is 348 g/mol. The summed E-state index contributed by atoms with van der Waals surface area (Å²) in [4.78, 5) is 0. The van der Waals surface area contributed by atoms with E-state index in [4.69, 9.17) is 13.9 Å². The number of hydrogen-bond donors (Lipinski definition) is 0. The highest BCUT2D eigenvalue weighted by molar-refractivity contribution is 5.62. The fraction of sp³-hybridized carbons (Fsp3) is 0.176. The highest BCUT2D eigenvalue weighted by atomic mass is 19.4. The van der Waals surface area contributed by atoms with Gasteiger partial charge in [-0.3, -0.25) is 0 Å². The molecule has 0 spiro atoms. The molecule has 0 aliphatic carbocycles. The lowest BCUT2D eigenvalue weighted by molar-refractivity contribution is -0.137. The molecule has 0 saturated carbocycles. The fourth-order valence-electron chi connectivity index (χ4n) is 2.46. The van der Waals surface area contributed by atoms with Crippen LogP contribution in [0.3, 0.4) is 0 Å². The van der Waals surface area contributed by atoms with Crippen LogP contribution >= 0.6 is 0 Å². The second kappa shape index (κ2) is 5.80. The van der Waals surface area contributed by atoms with Crippen molar-refractivity contribution in [3.63, 3.8) is 0 Å². The van der Waals surface area contributed by atoms with Gasteiger partial charge in [-0.25, -0.2) is 0 Å². The Balaban J connectivity index is 1.67. The van der Waals surface area contributed by atoms with E-state index >= 15 is 0 Å². The first kappa shape index (κ1) is 15.5. The molecular formula is C17H11F3N2O3. The van der Waals surface area contributed by atoms with E-state index in [1.807, 2.05) is 0 Å². The summed E-state index contributed by atoms with van der Waals surface area (Å²) in [7, 11) is 0. The smallest absolute Gasteiger partial charge is 0.416 e. The van der Waals surface area contributed by atoms with Gasteiger partial charge in [0.05, 0.1) is 5.56 Å². The minimum absolute atomic E-state index is 0.0102. The van der Waals surface area contributed by atoms with Crippen molar-refractivity contribution in [2.75, 3.05) is 13.2 Å². The Morgan fingerprint density at radius 3 is 2.20 bits per heavy atom. The number of ether oxygens (including phenoxy) is 2. The summed E-state index contributed by atoms with van der Waals surface area (Å²) in [6, 6.07) is 9.87. The summed E-state index contributed by atoms with van der Waals surface area (Å²) in [6.45, 7) is 0.919. The molecule has 0 bridgehead atoms. The highest BCUT2D eigenvalue weighted by Crippen LogP contribution is 2.35. The zero-order chi connectivity index (χ0) is 17.4. The summed E-state index contributed by atoms with van der Waals surface area (Å²) in [5.74, 6) is 1.37. The van der Waals surface area contributed by atoms with E-state index in [0.29, 0.717) is 30.3 Å². The molecule has 1 aromatic heterocycles. The molecule has 0 N–H and O–H groups in total. The number of alkyl halides is 3. The number of aromatic nitrogens is 2. The lowest BCUT2D eigenvalue weighted by Gasteiger charge is -2.18. The van der Waals surface area contributed by atoms with Crippen molar-refractivity contribution in [3.05, 3.63) is 48.0 Å². The Bertz CT molecular complexity index is 921. The summed E-state index contributed by atoms with van der Waals surface area (Å²) in [5.41, 5.74) is 0.0187. The Morgan fingerprint density at radius 2 is 1.48 bits per heavy atom. The fourth-order valence-corrected chi connectivity index (χ4v) is 2.46. The predicted octanol–water partition coefficient (Wildman–Crippen LogP) is 4.19. The first-order valence-electron chi connectivity index (χ1n) is 7.42. The molecule has 4 rings (SSSR count). The average Bonchev–Trinajstić information content (AvgIpc) is 3.11. The largest absolute Gasteiger partial charge is 0.486 e. The van der Waals surface area contributed by atoms with Gasteiger partial charge in [0, 0.05) is 11.1 Å². The maximum Gasteiger partial charge on any atom is 0.416 e. The molecule has 0 fully saturated rings. The van der Waals surface area contributed by atoms with E-state index in [1.54, 1.807) is 18.2 Å². The van der Waals surface area contributed by atoms with Crippen LogP contribution in [0.2, 0.25) is 0 Å². The Labute approximate surface area is 140 Å². The minimum atomic E-state index is -4.44. The van der Waals surface area contributed by atoms with Crippen molar-refractivity contribution in [1.29, 1.82) is 0 Å². The molecule has 2 heterocycles. The molecular weight excluding hydrogens is 337 g/mol. The number of hydrogen-bond acceptors (Lipinski definition) is 5. The number of fused-ring (bicyclic) bond motifs is 1. The van der Waals surface area contributed by atoms with Crippen LogP contribution in [0.25, 0.3) is 22.9 Å². The van der Waals surface area contributed by atoms with Crippen molar-refractivity contribution in [2.45, 2.75) is 6.18 Å². The van der Waals surface area contributed by atoms with E-state index in [2.05, 4.69) is 10.2 Å². The van der Waals surface area contributed by atoms with Crippen LogP contribution in [0.1, 0.15) is 5.56 Å². The molecule has 0 amide bonds. The van der Waals surface area contributed by atoms with Crippen LogP contribution in [0.4, 0.5) is 13.2 Å². The van der Waals surface area contributed by atoms with Crippen molar-refractivity contribution < 1.29 is 27.1 Å². The molecule has 0 atom stereocenters. The second-order valence-corrected chi connectivity index (χ2v) is 5.35. The van der Waals surface area contributed by atoms with Crippen molar-refractivity contribution in [3.8, 4) is 34.4 Å². The summed E-state index contributed by atoms with van der Waals surface area (Å²) in [6.07, 6.45) is -4.44. The molecule has 0 saturated heterocycles. The number of nitrogens with zero attached hydrogens (tertiary/aromatic N) is 2. The molecule has 2 aromatic carbocycles. The second-order valence-electron chi connectivity index (χ2n) is 5.35. The molecule has 1 aliphatic heterocycles. The third-order valence-corrected chi connectivity index (χ3v) is 3.65. The van der Waals surface area contributed by atoms with Crippen molar-refractivity contribution >= 4 is 0 Å². The number of halogens is 3. The maximum atomic E-state index is 12.8. The van der Waals surface area contributed by atoms with Crippen LogP contribution in [0, 0.1) is 0 Å². The molecule has 1 aliphatic rings. The van der Waals surface area contributed by atoms with Gasteiger partial charge in [0.25, 0.3) is 0 Å². The predicted molar refractivity (Wildman–Crippen MR) is 81.2 cm³/mol. The minimum Gasteiger partial charge on any atom is -0.486 e. The first-order chi connectivity index (χ1) is 12.0. The molecule has 0 radical (unpaired) electrons. The van der Waals surface area contributed by atoms with E-state index in [0.717, 1.165) is 12.1 Å². The van der Waals surface area contributed by atoms with Gasteiger partial charge in [-0.05, 0) is 36.4 Å². The maximum absolute atomic E-state index is 12.8. The zero-order valence-electron chi connectivity index (χ0n) is 12.7. The molecule has 8 heteroatoms. The SMILES string of the molecule is FC(F)(F)c1cccc(-c2nnc(-c3ccc4c(c3)OCCO4)o2)c1. The summed E-state index contributed by atoms with van der Waals surface area (Å²) in [5, 5.41) is 7.75. The van der Waals surface area contributed by atoms with Gasteiger partial charge in [-0.1, -0.05) is 6.07 Å². The number of rotatable bonds is 2. The summed E-state index contributed by atoms with van der Waals surface area (Å²) >= 11 is 0. The van der Waals surface area contributed by atoms with Crippen LogP contribution in [0.5, 0.6) is 11.5 Å². The van der Waals surface area contributed by atoms with E-state index in [9.17, 15) is 13.2 Å². The highest BCUT2D eigenvalue weighted by Gasteiger charge is 2.31. The van der Waals surface area contributed by atoms with Gasteiger partial charge < -0.3 is 13.9 Å². The molecule has 3 aromatic rings. The monoisotopic (exact) mass is 348 g/mol. The van der Waals surface area contributed by atoms with Gasteiger partial charge in [0.15, 0.2) is 11.5 Å². The van der Waals surface area contributed by atoms with Gasteiger partial charge >= 0.3 is 6.18 Å². The molecule has 25 heavy (non-hydrogen) atoms. The standard InChI is InChI=1S/C17H11F3N2O3/c18-17(19,20)12-3-1-2-10(8-12)15-21-22-16(25-15)11-4-5-13-14(9-11)24-7-6-23-13/h1-5,8-9H,6-7H2. The Hall–Kier alpha value is -3.03. The van der Waals surface area contributed by atoms with Crippen molar-refractivity contribution in [2.24, 2.45) is 0 Å². The Morgan fingerprint density at radius 1 is 0.800 bits per heavy atom. The first-order valence-corrected chi connectivity index (χ1v) is 7.42. The van der Waals surface area contributed by atoms with Crippen molar-refractivity contribution in [1.82, 2.24) is 10.2 Å². The van der Waals surface area contributed by atoms with Gasteiger partial charge in [0.2, 0.25) is 11.8 Å². The summed E-state index contributed by atoms with van der Waals surface area (Å²) < 4.78 is 54.9. The lowest BCUT2D eigenvalue weighted by Crippen LogP contribution is -2.15. The lowest BCUT2D eigenvalue weighted by atomic mass is 10.1. The van der Waals surface area contributed by atoms with Gasteiger partial charge in [0.1, 0.15) is 13.2 Å². The molecule has 128 valence electrons. The van der Waals surface area contributed by atoms with Crippen LogP contribution in [-0.4, -0.2) is 23.4 Å².